The Morgan fingerprint density at radius 1 is 1.03 bits per heavy atom. The molecule has 1 fully saturated rings. The topological polar surface area (TPSA) is 69.5 Å². The van der Waals surface area contributed by atoms with Crippen LogP contribution in [0, 0.1) is 0 Å². The molecule has 8 heteroatoms. The minimum absolute atomic E-state index is 0.160. The number of thioether (sulfide) groups is 1. The second kappa shape index (κ2) is 11.4. The van der Waals surface area contributed by atoms with Crippen LogP contribution in [0.4, 0.5) is 0 Å². The maximum atomic E-state index is 13.1. The number of amides is 1. The van der Waals surface area contributed by atoms with Crippen molar-refractivity contribution >= 4 is 17.7 Å². The average molecular weight is 481 g/mol. The summed E-state index contributed by atoms with van der Waals surface area (Å²) in [5.41, 5.74) is 1.14. The van der Waals surface area contributed by atoms with Gasteiger partial charge < -0.3 is 14.4 Å². The first-order valence-electron chi connectivity index (χ1n) is 11.7. The molecule has 1 amide bonds. The van der Waals surface area contributed by atoms with Crippen LogP contribution in [0.3, 0.4) is 0 Å². The molecule has 180 valence electrons. The minimum Gasteiger partial charge on any atom is -0.497 e. The highest BCUT2D eigenvalue weighted by molar-refractivity contribution is 7.99. The van der Waals surface area contributed by atoms with Crippen LogP contribution in [0.15, 0.2) is 59.8 Å². The van der Waals surface area contributed by atoms with Gasteiger partial charge in [-0.3, -0.25) is 9.36 Å². The standard InChI is InChI=1S/C26H32N4O3S/c1-19-9-7-10-20(2)30(19)25(31)18-34-26-28-27-24(29(26)16-21-11-5-4-6-12-21)17-33-23-14-8-13-22(15-23)32-3/h4-6,8,11-15,19-20H,7,9-10,16-18H2,1-3H3/t19-,20+. The average Bonchev–Trinajstić information content (AvgIpc) is 3.23. The number of nitrogens with zero attached hydrogens (tertiary/aromatic N) is 4. The van der Waals surface area contributed by atoms with Gasteiger partial charge in [0.2, 0.25) is 5.91 Å². The lowest BCUT2D eigenvalue weighted by molar-refractivity contribution is -0.134. The fourth-order valence-corrected chi connectivity index (χ4v) is 5.24. The lowest BCUT2D eigenvalue weighted by Crippen LogP contribution is -2.48. The van der Waals surface area contributed by atoms with Crippen molar-refractivity contribution in [1.82, 2.24) is 19.7 Å². The van der Waals surface area contributed by atoms with E-state index < -0.39 is 0 Å². The zero-order valence-electron chi connectivity index (χ0n) is 20.0. The number of hydrogen-bond donors (Lipinski definition) is 0. The van der Waals surface area contributed by atoms with Gasteiger partial charge in [-0.15, -0.1) is 10.2 Å². The fraction of sp³-hybridized carbons (Fsp3) is 0.423. The van der Waals surface area contributed by atoms with Crippen molar-refractivity contribution in [2.45, 2.75) is 63.5 Å². The monoisotopic (exact) mass is 480 g/mol. The van der Waals surface area contributed by atoms with Gasteiger partial charge in [0.25, 0.3) is 0 Å². The van der Waals surface area contributed by atoms with Crippen LogP contribution in [-0.2, 0) is 17.9 Å². The van der Waals surface area contributed by atoms with E-state index >= 15 is 0 Å². The van der Waals surface area contributed by atoms with E-state index in [4.69, 9.17) is 9.47 Å². The zero-order chi connectivity index (χ0) is 23.9. The van der Waals surface area contributed by atoms with Crippen molar-refractivity contribution in [3.8, 4) is 11.5 Å². The zero-order valence-corrected chi connectivity index (χ0v) is 20.8. The largest absolute Gasteiger partial charge is 0.497 e. The van der Waals surface area contributed by atoms with Gasteiger partial charge in [-0.25, -0.2) is 0 Å². The number of benzene rings is 2. The molecular formula is C26H32N4O3S. The molecule has 4 rings (SSSR count). The summed E-state index contributed by atoms with van der Waals surface area (Å²) in [6, 6.07) is 18.2. The third-order valence-electron chi connectivity index (χ3n) is 6.19. The predicted molar refractivity (Wildman–Crippen MR) is 133 cm³/mol. The minimum atomic E-state index is 0.160. The molecule has 0 saturated carbocycles. The second-order valence-corrected chi connectivity index (χ2v) is 9.60. The first kappa shape index (κ1) is 24.1. The van der Waals surface area contributed by atoms with E-state index in [0.29, 0.717) is 23.9 Å². The number of ether oxygens (including phenoxy) is 2. The van der Waals surface area contributed by atoms with E-state index in [2.05, 4.69) is 36.2 Å². The van der Waals surface area contributed by atoms with Gasteiger partial charge >= 0.3 is 0 Å². The summed E-state index contributed by atoms with van der Waals surface area (Å²) >= 11 is 1.44. The van der Waals surface area contributed by atoms with E-state index in [1.807, 2.05) is 51.9 Å². The normalized spacial score (nSPS) is 18.0. The number of carbonyl (C=O) groups is 1. The van der Waals surface area contributed by atoms with Gasteiger partial charge in [-0.05, 0) is 50.8 Å². The molecule has 2 aromatic carbocycles. The molecule has 7 nitrogen and oxygen atoms in total. The number of hydrogen-bond acceptors (Lipinski definition) is 6. The molecule has 0 spiro atoms. The molecule has 2 heterocycles. The van der Waals surface area contributed by atoms with Crippen molar-refractivity contribution in [3.63, 3.8) is 0 Å². The highest BCUT2D eigenvalue weighted by atomic mass is 32.2. The van der Waals surface area contributed by atoms with Crippen molar-refractivity contribution in [3.05, 3.63) is 66.0 Å². The number of rotatable bonds is 9. The summed E-state index contributed by atoms with van der Waals surface area (Å²) in [5, 5.41) is 9.54. The van der Waals surface area contributed by atoms with Crippen molar-refractivity contribution in [1.29, 1.82) is 0 Å². The first-order valence-corrected chi connectivity index (χ1v) is 12.7. The highest BCUT2D eigenvalue weighted by Crippen LogP contribution is 2.26. The number of aromatic nitrogens is 3. The van der Waals surface area contributed by atoms with Crippen LogP contribution >= 0.6 is 11.8 Å². The molecule has 0 radical (unpaired) electrons. The Balaban J connectivity index is 1.49. The quantitative estimate of drug-likeness (QED) is 0.410. The van der Waals surface area contributed by atoms with E-state index in [1.165, 1.54) is 18.2 Å². The summed E-state index contributed by atoms with van der Waals surface area (Å²) in [6.45, 7) is 5.16. The number of piperidine rings is 1. The molecule has 0 bridgehead atoms. The lowest BCUT2D eigenvalue weighted by atomic mass is 9.98. The molecule has 0 N–H and O–H groups in total. The predicted octanol–water partition coefficient (Wildman–Crippen LogP) is 4.80. The molecule has 3 aromatic rings. The maximum absolute atomic E-state index is 13.1. The van der Waals surface area contributed by atoms with Crippen LogP contribution in [0.1, 0.15) is 44.5 Å². The smallest absolute Gasteiger partial charge is 0.233 e. The van der Waals surface area contributed by atoms with Gasteiger partial charge in [0, 0.05) is 18.2 Å². The molecule has 2 atom stereocenters. The van der Waals surface area contributed by atoms with Crippen LogP contribution in [0.5, 0.6) is 11.5 Å². The van der Waals surface area contributed by atoms with Gasteiger partial charge in [0.1, 0.15) is 18.1 Å². The van der Waals surface area contributed by atoms with E-state index in [1.54, 1.807) is 7.11 Å². The SMILES string of the molecule is COc1cccc(OCc2nnc(SCC(=O)N3[C@H](C)CCC[C@@H]3C)n2Cc2ccccc2)c1. The first-order chi connectivity index (χ1) is 16.5. The van der Waals surface area contributed by atoms with E-state index in [9.17, 15) is 4.79 Å². The van der Waals surface area contributed by atoms with Crippen molar-refractivity contribution in [2.24, 2.45) is 0 Å². The van der Waals surface area contributed by atoms with Crippen molar-refractivity contribution < 1.29 is 14.3 Å². The van der Waals surface area contributed by atoms with Gasteiger partial charge in [0.05, 0.1) is 19.4 Å². The molecule has 1 saturated heterocycles. The Morgan fingerprint density at radius 2 is 1.76 bits per heavy atom. The summed E-state index contributed by atoms with van der Waals surface area (Å²) in [5.74, 6) is 2.65. The summed E-state index contributed by atoms with van der Waals surface area (Å²) in [6.07, 6.45) is 3.31. The van der Waals surface area contributed by atoms with Crippen molar-refractivity contribution in [2.75, 3.05) is 12.9 Å². The molecule has 0 unspecified atom stereocenters. The van der Waals surface area contributed by atoms with Crippen LogP contribution in [0.25, 0.3) is 0 Å². The number of methoxy groups -OCH3 is 1. The highest BCUT2D eigenvalue weighted by Gasteiger charge is 2.29. The Kier molecular flexibility index (Phi) is 8.11. The van der Waals surface area contributed by atoms with Gasteiger partial charge in [-0.2, -0.15) is 0 Å². The third-order valence-corrected chi connectivity index (χ3v) is 7.14. The fourth-order valence-electron chi connectivity index (χ4n) is 4.41. The van der Waals surface area contributed by atoms with Crippen LogP contribution < -0.4 is 9.47 Å². The van der Waals surface area contributed by atoms with Gasteiger partial charge in [0.15, 0.2) is 11.0 Å². The Bertz CT molecular complexity index is 1080. The number of carbonyl (C=O) groups excluding carboxylic acids is 1. The molecule has 1 aliphatic heterocycles. The summed E-state index contributed by atoms with van der Waals surface area (Å²) < 4.78 is 13.3. The summed E-state index contributed by atoms with van der Waals surface area (Å²) in [7, 11) is 1.63. The Morgan fingerprint density at radius 3 is 2.50 bits per heavy atom. The Hall–Kier alpha value is -3.00. The van der Waals surface area contributed by atoms with Crippen LogP contribution in [0.2, 0.25) is 0 Å². The lowest BCUT2D eigenvalue weighted by Gasteiger charge is -2.39. The molecule has 34 heavy (non-hydrogen) atoms. The molecular weight excluding hydrogens is 448 g/mol. The van der Waals surface area contributed by atoms with E-state index in [-0.39, 0.29) is 24.6 Å². The molecule has 1 aromatic heterocycles. The van der Waals surface area contributed by atoms with E-state index in [0.717, 1.165) is 29.3 Å². The maximum Gasteiger partial charge on any atom is 0.233 e. The molecule has 1 aliphatic rings. The number of likely N-dealkylation sites (tertiary alicyclic amines) is 1. The molecule has 0 aliphatic carbocycles. The summed E-state index contributed by atoms with van der Waals surface area (Å²) in [4.78, 5) is 15.1. The third kappa shape index (κ3) is 5.91. The Labute approximate surface area is 205 Å². The van der Waals surface area contributed by atoms with Crippen LogP contribution in [-0.4, -0.2) is 50.5 Å². The van der Waals surface area contributed by atoms with Gasteiger partial charge in [-0.1, -0.05) is 48.2 Å². The second-order valence-electron chi connectivity index (χ2n) is 8.66.